The van der Waals surface area contributed by atoms with Crippen LogP contribution in [0.2, 0.25) is 0 Å². The fraction of sp³-hybridized carbons (Fsp3) is 0.429. The van der Waals surface area contributed by atoms with Gasteiger partial charge in [-0.3, -0.25) is 0 Å². The van der Waals surface area contributed by atoms with Gasteiger partial charge in [0.1, 0.15) is 17.5 Å². The number of nitrogens with one attached hydrogen (secondary N) is 1. The van der Waals surface area contributed by atoms with Gasteiger partial charge < -0.3 is 11.1 Å². The van der Waals surface area contributed by atoms with E-state index in [9.17, 15) is 0 Å². The maximum Gasteiger partial charge on any atom is 0.135 e. The number of aromatic nitrogens is 2. The van der Waals surface area contributed by atoms with Crippen LogP contribution in [0.15, 0.2) is 17.5 Å². The molecule has 0 aliphatic heterocycles. The zero-order chi connectivity index (χ0) is 14.0. The van der Waals surface area contributed by atoms with Crippen LogP contribution in [0, 0.1) is 19.8 Å². The lowest BCUT2D eigenvalue weighted by atomic mass is 10.0. The summed E-state index contributed by atoms with van der Waals surface area (Å²) in [5.41, 5.74) is 6.81. The Hall–Kier alpha value is -1.62. The van der Waals surface area contributed by atoms with Crippen LogP contribution in [-0.4, -0.2) is 9.97 Å². The van der Waals surface area contributed by atoms with Crippen molar-refractivity contribution >= 4 is 23.0 Å². The second kappa shape index (κ2) is 5.57. The highest BCUT2D eigenvalue weighted by Crippen LogP contribution is 2.30. The standard InChI is InChI=1S/C14H20N4S/c1-8(2)12(11-6-5-7-19-11)18-14-9(3)13(15)16-10(4)17-14/h5-8,12H,1-4H3,(H3,15,16,17,18). The van der Waals surface area contributed by atoms with E-state index in [1.54, 1.807) is 11.3 Å². The summed E-state index contributed by atoms with van der Waals surface area (Å²) >= 11 is 1.76. The van der Waals surface area contributed by atoms with Crippen LogP contribution in [0.5, 0.6) is 0 Å². The van der Waals surface area contributed by atoms with E-state index in [0.717, 1.165) is 11.4 Å². The van der Waals surface area contributed by atoms with Gasteiger partial charge in [0.2, 0.25) is 0 Å². The van der Waals surface area contributed by atoms with Gasteiger partial charge in [0.15, 0.2) is 0 Å². The molecule has 0 bridgehead atoms. The molecule has 0 aliphatic rings. The van der Waals surface area contributed by atoms with Crippen molar-refractivity contribution in [2.24, 2.45) is 5.92 Å². The van der Waals surface area contributed by atoms with E-state index in [2.05, 4.69) is 46.6 Å². The average molecular weight is 276 g/mol. The van der Waals surface area contributed by atoms with E-state index in [1.807, 2.05) is 13.8 Å². The highest BCUT2D eigenvalue weighted by molar-refractivity contribution is 7.10. The lowest BCUT2D eigenvalue weighted by molar-refractivity contribution is 0.551. The topological polar surface area (TPSA) is 63.8 Å². The molecule has 0 spiro atoms. The number of nitrogen functional groups attached to an aromatic ring is 1. The number of hydrogen-bond donors (Lipinski definition) is 2. The third-order valence-corrected chi connectivity index (χ3v) is 4.06. The summed E-state index contributed by atoms with van der Waals surface area (Å²) in [7, 11) is 0. The van der Waals surface area contributed by atoms with Gasteiger partial charge in [0.25, 0.3) is 0 Å². The van der Waals surface area contributed by atoms with Crippen molar-refractivity contribution in [2.75, 3.05) is 11.1 Å². The van der Waals surface area contributed by atoms with Crippen molar-refractivity contribution in [2.45, 2.75) is 33.7 Å². The zero-order valence-corrected chi connectivity index (χ0v) is 12.6. The fourth-order valence-electron chi connectivity index (χ4n) is 1.97. The molecule has 0 saturated carbocycles. The van der Waals surface area contributed by atoms with Gasteiger partial charge in [-0.05, 0) is 31.2 Å². The molecule has 2 aromatic heterocycles. The average Bonchev–Trinajstić information content (AvgIpc) is 2.84. The van der Waals surface area contributed by atoms with Crippen molar-refractivity contribution in [1.29, 1.82) is 0 Å². The van der Waals surface area contributed by atoms with E-state index < -0.39 is 0 Å². The van der Waals surface area contributed by atoms with Gasteiger partial charge in [-0.15, -0.1) is 11.3 Å². The van der Waals surface area contributed by atoms with Gasteiger partial charge in [0.05, 0.1) is 6.04 Å². The molecule has 0 aromatic carbocycles. The molecule has 0 fully saturated rings. The molecular weight excluding hydrogens is 256 g/mol. The number of aryl methyl sites for hydroxylation is 1. The summed E-state index contributed by atoms with van der Waals surface area (Å²) in [6, 6.07) is 4.46. The van der Waals surface area contributed by atoms with Crippen LogP contribution in [0.25, 0.3) is 0 Å². The molecule has 0 radical (unpaired) electrons. The number of nitrogens with zero attached hydrogens (tertiary/aromatic N) is 2. The molecular formula is C14H20N4S. The number of rotatable bonds is 4. The molecule has 102 valence electrons. The van der Waals surface area contributed by atoms with Crippen LogP contribution in [-0.2, 0) is 0 Å². The van der Waals surface area contributed by atoms with E-state index in [0.29, 0.717) is 17.6 Å². The van der Waals surface area contributed by atoms with E-state index in [4.69, 9.17) is 5.73 Å². The maximum absolute atomic E-state index is 5.90. The summed E-state index contributed by atoms with van der Waals surface area (Å²) in [5, 5.41) is 5.61. The Balaban J connectivity index is 2.33. The van der Waals surface area contributed by atoms with Gasteiger partial charge in [-0.2, -0.15) is 0 Å². The lowest BCUT2D eigenvalue weighted by Gasteiger charge is -2.23. The predicted molar refractivity (Wildman–Crippen MR) is 81.4 cm³/mol. The Kier molecular flexibility index (Phi) is 4.04. The van der Waals surface area contributed by atoms with E-state index in [-0.39, 0.29) is 6.04 Å². The Morgan fingerprint density at radius 2 is 2.00 bits per heavy atom. The highest BCUT2D eigenvalue weighted by atomic mass is 32.1. The van der Waals surface area contributed by atoms with Gasteiger partial charge in [-0.1, -0.05) is 19.9 Å². The SMILES string of the molecule is Cc1nc(N)c(C)c(NC(c2cccs2)C(C)C)n1. The molecule has 0 amide bonds. The molecule has 2 heterocycles. The minimum absolute atomic E-state index is 0.243. The molecule has 3 N–H and O–H groups in total. The van der Waals surface area contributed by atoms with Crippen LogP contribution in [0.1, 0.15) is 36.2 Å². The van der Waals surface area contributed by atoms with Crippen LogP contribution in [0.3, 0.4) is 0 Å². The molecule has 5 heteroatoms. The summed E-state index contributed by atoms with van der Waals surface area (Å²) in [6.07, 6.45) is 0. The molecule has 1 atom stereocenters. The minimum atomic E-state index is 0.243. The predicted octanol–water partition coefficient (Wildman–Crippen LogP) is 3.55. The Morgan fingerprint density at radius 1 is 1.26 bits per heavy atom. The van der Waals surface area contributed by atoms with Crippen LogP contribution in [0.4, 0.5) is 11.6 Å². The first-order chi connectivity index (χ1) is 8.99. The Bertz CT molecular complexity index is 549. The van der Waals surface area contributed by atoms with Crippen molar-refractivity contribution in [3.63, 3.8) is 0 Å². The normalized spacial score (nSPS) is 12.7. The van der Waals surface area contributed by atoms with E-state index >= 15 is 0 Å². The first-order valence-corrected chi connectivity index (χ1v) is 7.27. The number of anilines is 2. The second-order valence-corrected chi connectivity index (χ2v) is 5.99. The molecule has 1 unspecified atom stereocenters. The highest BCUT2D eigenvalue weighted by Gasteiger charge is 2.19. The summed E-state index contributed by atoms with van der Waals surface area (Å²) in [6.45, 7) is 8.20. The zero-order valence-electron chi connectivity index (χ0n) is 11.8. The first kappa shape index (κ1) is 13.8. The molecule has 2 rings (SSSR count). The molecule has 2 aromatic rings. The van der Waals surface area contributed by atoms with Gasteiger partial charge >= 0.3 is 0 Å². The third-order valence-electron chi connectivity index (χ3n) is 3.10. The maximum atomic E-state index is 5.90. The molecule has 0 aliphatic carbocycles. The van der Waals surface area contributed by atoms with Crippen molar-refractivity contribution in [3.8, 4) is 0 Å². The quantitative estimate of drug-likeness (QED) is 0.896. The smallest absolute Gasteiger partial charge is 0.135 e. The lowest BCUT2D eigenvalue weighted by Crippen LogP contribution is -2.18. The first-order valence-electron chi connectivity index (χ1n) is 6.39. The van der Waals surface area contributed by atoms with E-state index in [1.165, 1.54) is 4.88 Å². The molecule has 4 nitrogen and oxygen atoms in total. The van der Waals surface area contributed by atoms with Crippen molar-refractivity contribution in [3.05, 3.63) is 33.8 Å². The summed E-state index contributed by atoms with van der Waals surface area (Å²) < 4.78 is 0. The number of nitrogens with two attached hydrogens (primary N) is 1. The van der Waals surface area contributed by atoms with Crippen molar-refractivity contribution in [1.82, 2.24) is 9.97 Å². The van der Waals surface area contributed by atoms with Gasteiger partial charge in [0, 0.05) is 10.4 Å². The molecule has 0 saturated heterocycles. The minimum Gasteiger partial charge on any atom is -0.383 e. The molecule has 19 heavy (non-hydrogen) atoms. The van der Waals surface area contributed by atoms with Crippen LogP contribution >= 0.6 is 11.3 Å². The second-order valence-electron chi connectivity index (χ2n) is 5.01. The van der Waals surface area contributed by atoms with Crippen molar-refractivity contribution < 1.29 is 0 Å². The third kappa shape index (κ3) is 3.04. The number of thiophene rings is 1. The van der Waals surface area contributed by atoms with Gasteiger partial charge in [-0.25, -0.2) is 9.97 Å². The summed E-state index contributed by atoms with van der Waals surface area (Å²) in [5.74, 6) is 2.54. The van der Waals surface area contributed by atoms with Crippen LogP contribution < -0.4 is 11.1 Å². The summed E-state index contributed by atoms with van der Waals surface area (Å²) in [4.78, 5) is 9.96. The Morgan fingerprint density at radius 3 is 2.58 bits per heavy atom. The Labute approximate surface area is 118 Å². The fourth-order valence-corrected chi connectivity index (χ4v) is 2.92. The number of hydrogen-bond acceptors (Lipinski definition) is 5. The monoisotopic (exact) mass is 276 g/mol. The largest absolute Gasteiger partial charge is 0.383 e.